The number of carbonyl (C=O) groups is 2. The number of nitrogens with zero attached hydrogens (tertiary/aromatic N) is 4. The van der Waals surface area contributed by atoms with Crippen LogP contribution in [0, 0.1) is 13.8 Å². The average molecular weight is 494 g/mol. The Bertz CT molecular complexity index is 1320. The van der Waals surface area contributed by atoms with Crippen molar-refractivity contribution in [3.8, 4) is 16.8 Å². The lowest BCUT2D eigenvalue weighted by molar-refractivity contribution is -0.113. The predicted molar refractivity (Wildman–Crippen MR) is 134 cm³/mol. The molecule has 0 fully saturated rings. The molecule has 0 radical (unpaired) electrons. The highest BCUT2D eigenvalue weighted by atomic mass is 32.2. The number of aromatic nitrogens is 4. The monoisotopic (exact) mass is 493 g/mol. The van der Waals surface area contributed by atoms with E-state index in [2.05, 4.69) is 20.8 Å². The molecule has 1 N–H and O–H groups in total. The lowest BCUT2D eigenvalue weighted by Gasteiger charge is -2.09. The summed E-state index contributed by atoms with van der Waals surface area (Å²) in [7, 11) is 0. The molecule has 10 heteroatoms. The maximum absolute atomic E-state index is 12.9. The molecule has 0 aliphatic carbocycles. The van der Waals surface area contributed by atoms with Crippen LogP contribution in [0.25, 0.3) is 16.8 Å². The molecule has 0 bridgehead atoms. The van der Waals surface area contributed by atoms with Crippen LogP contribution in [-0.4, -0.2) is 44.4 Å². The zero-order valence-corrected chi connectivity index (χ0v) is 20.6. The van der Waals surface area contributed by atoms with E-state index < -0.39 is 5.97 Å². The van der Waals surface area contributed by atoms with Gasteiger partial charge >= 0.3 is 5.97 Å². The van der Waals surface area contributed by atoms with E-state index >= 15 is 0 Å². The summed E-state index contributed by atoms with van der Waals surface area (Å²) in [6.45, 7) is 5.90. The van der Waals surface area contributed by atoms with Gasteiger partial charge in [0.2, 0.25) is 11.1 Å². The molecule has 2 aromatic carbocycles. The van der Waals surface area contributed by atoms with Crippen molar-refractivity contribution in [2.75, 3.05) is 17.7 Å². The Morgan fingerprint density at radius 2 is 1.82 bits per heavy atom. The van der Waals surface area contributed by atoms with Crippen LogP contribution < -0.4 is 5.32 Å². The number of nitrogens with one attached hydrogen (secondary N) is 1. The van der Waals surface area contributed by atoms with Gasteiger partial charge < -0.3 is 10.1 Å². The summed E-state index contributed by atoms with van der Waals surface area (Å²) < 4.78 is 6.91. The zero-order chi connectivity index (χ0) is 24.1. The minimum atomic E-state index is -0.461. The van der Waals surface area contributed by atoms with E-state index in [9.17, 15) is 9.59 Å². The van der Waals surface area contributed by atoms with Gasteiger partial charge in [-0.15, -0.1) is 16.4 Å². The lowest BCUT2D eigenvalue weighted by Crippen LogP contribution is -2.17. The normalized spacial score (nSPS) is 10.8. The predicted octanol–water partition coefficient (Wildman–Crippen LogP) is 4.92. The molecule has 0 saturated carbocycles. The van der Waals surface area contributed by atoms with Gasteiger partial charge in [-0.05, 0) is 48.4 Å². The number of esters is 1. The molecule has 174 valence electrons. The number of hydrogen-bond donors (Lipinski definition) is 1. The first kappa shape index (κ1) is 23.7. The van der Waals surface area contributed by atoms with Gasteiger partial charge in [-0.1, -0.05) is 60.3 Å². The van der Waals surface area contributed by atoms with Gasteiger partial charge in [0.1, 0.15) is 10.6 Å². The van der Waals surface area contributed by atoms with Crippen LogP contribution in [0.1, 0.15) is 27.7 Å². The third kappa shape index (κ3) is 5.02. The van der Waals surface area contributed by atoms with Gasteiger partial charge in [-0.3, -0.25) is 4.79 Å². The molecule has 4 rings (SSSR count). The Kier molecular flexibility index (Phi) is 7.39. The number of para-hydroxylation sites is 1. The van der Waals surface area contributed by atoms with Gasteiger partial charge in [0.25, 0.3) is 0 Å². The van der Waals surface area contributed by atoms with Crippen LogP contribution in [-0.2, 0) is 9.53 Å². The molecule has 1 amide bonds. The van der Waals surface area contributed by atoms with Gasteiger partial charge in [0.05, 0.1) is 18.0 Å². The number of hydrogen-bond acceptors (Lipinski definition) is 8. The van der Waals surface area contributed by atoms with Crippen LogP contribution in [0.2, 0.25) is 0 Å². The molecule has 2 heterocycles. The summed E-state index contributed by atoms with van der Waals surface area (Å²) in [4.78, 5) is 26.6. The number of aryl methyl sites for hydroxylation is 2. The second kappa shape index (κ2) is 10.6. The SMILES string of the molecule is CCOC(=O)c1c(NC(=O)CSc2nnnn2-c2ccccc2C)sc(C)c1-c1ccccc1. The second-order valence-electron chi connectivity index (χ2n) is 7.32. The molecule has 0 unspecified atom stereocenters. The lowest BCUT2D eigenvalue weighted by atomic mass is 10.0. The zero-order valence-electron chi connectivity index (χ0n) is 18.9. The molecule has 8 nitrogen and oxygen atoms in total. The van der Waals surface area contributed by atoms with E-state index in [0.29, 0.717) is 15.7 Å². The molecule has 34 heavy (non-hydrogen) atoms. The Balaban J connectivity index is 1.55. The van der Waals surface area contributed by atoms with Crippen molar-refractivity contribution in [3.63, 3.8) is 0 Å². The number of anilines is 1. The molecule has 4 aromatic rings. The van der Waals surface area contributed by atoms with E-state index in [4.69, 9.17) is 4.74 Å². The van der Waals surface area contributed by atoms with Crippen molar-refractivity contribution in [2.24, 2.45) is 0 Å². The maximum atomic E-state index is 12.9. The van der Waals surface area contributed by atoms with E-state index in [0.717, 1.165) is 27.3 Å². The molecule has 0 aliphatic heterocycles. The minimum absolute atomic E-state index is 0.0755. The molecule has 0 atom stereocenters. The van der Waals surface area contributed by atoms with Crippen LogP contribution in [0.4, 0.5) is 5.00 Å². The van der Waals surface area contributed by atoms with Crippen LogP contribution in [0.15, 0.2) is 59.8 Å². The summed E-state index contributed by atoms with van der Waals surface area (Å²) in [6, 6.07) is 17.3. The fourth-order valence-electron chi connectivity index (χ4n) is 3.50. The quantitative estimate of drug-likeness (QED) is 0.275. The highest BCUT2D eigenvalue weighted by molar-refractivity contribution is 7.99. The average Bonchev–Trinajstić information content (AvgIpc) is 3.42. The summed E-state index contributed by atoms with van der Waals surface area (Å²) >= 11 is 2.58. The Labute approximate surface area is 205 Å². The summed E-state index contributed by atoms with van der Waals surface area (Å²) in [5.41, 5.74) is 3.91. The summed E-state index contributed by atoms with van der Waals surface area (Å²) in [6.07, 6.45) is 0. The number of tetrazole rings is 1. The first-order chi connectivity index (χ1) is 16.5. The standard InChI is InChI=1S/C24H23N5O3S2/c1-4-32-23(31)21-20(17-11-6-5-7-12-17)16(3)34-22(21)25-19(30)14-33-24-26-27-28-29(24)18-13-9-8-10-15(18)2/h5-13H,4,14H2,1-3H3,(H,25,30). The summed E-state index contributed by atoms with van der Waals surface area (Å²) in [5, 5.41) is 15.7. The molecular formula is C24H23N5O3S2. The number of thioether (sulfide) groups is 1. The Morgan fingerprint density at radius 3 is 2.56 bits per heavy atom. The summed E-state index contributed by atoms with van der Waals surface area (Å²) in [5.74, 6) is -0.653. The van der Waals surface area contributed by atoms with Crippen molar-refractivity contribution in [1.82, 2.24) is 20.2 Å². The van der Waals surface area contributed by atoms with Crippen LogP contribution in [0.5, 0.6) is 0 Å². The van der Waals surface area contributed by atoms with Crippen LogP contribution in [0.3, 0.4) is 0 Å². The molecule has 0 spiro atoms. The minimum Gasteiger partial charge on any atom is -0.462 e. The van der Waals surface area contributed by atoms with Crippen molar-refractivity contribution in [2.45, 2.75) is 25.9 Å². The van der Waals surface area contributed by atoms with E-state index in [1.165, 1.54) is 23.1 Å². The van der Waals surface area contributed by atoms with Gasteiger partial charge in [0, 0.05) is 10.4 Å². The largest absolute Gasteiger partial charge is 0.462 e. The first-order valence-corrected chi connectivity index (χ1v) is 12.4. The smallest absolute Gasteiger partial charge is 0.341 e. The number of thiophene rings is 1. The first-order valence-electron chi connectivity index (χ1n) is 10.6. The number of benzene rings is 2. The molecular weight excluding hydrogens is 470 g/mol. The Morgan fingerprint density at radius 1 is 1.09 bits per heavy atom. The molecule has 2 aromatic heterocycles. The van der Waals surface area contributed by atoms with Crippen molar-refractivity contribution >= 4 is 40.0 Å². The Hall–Kier alpha value is -3.50. The van der Waals surface area contributed by atoms with Crippen molar-refractivity contribution in [1.29, 1.82) is 0 Å². The highest BCUT2D eigenvalue weighted by Crippen LogP contribution is 2.40. The number of amides is 1. The molecule has 0 saturated heterocycles. The second-order valence-corrected chi connectivity index (χ2v) is 9.49. The van der Waals surface area contributed by atoms with Gasteiger partial charge in [-0.2, -0.15) is 4.68 Å². The fourth-order valence-corrected chi connectivity index (χ4v) is 5.26. The topological polar surface area (TPSA) is 99.0 Å². The van der Waals surface area contributed by atoms with Crippen LogP contribution >= 0.6 is 23.1 Å². The van der Waals surface area contributed by atoms with Gasteiger partial charge in [-0.25, -0.2) is 4.79 Å². The fraction of sp³-hybridized carbons (Fsp3) is 0.208. The molecule has 0 aliphatic rings. The van der Waals surface area contributed by atoms with Crippen molar-refractivity contribution in [3.05, 3.63) is 70.6 Å². The van der Waals surface area contributed by atoms with Gasteiger partial charge in [0.15, 0.2) is 0 Å². The third-order valence-electron chi connectivity index (χ3n) is 5.00. The van der Waals surface area contributed by atoms with Crippen molar-refractivity contribution < 1.29 is 14.3 Å². The number of carbonyl (C=O) groups excluding carboxylic acids is 2. The van der Waals surface area contributed by atoms with E-state index in [-0.39, 0.29) is 18.3 Å². The third-order valence-corrected chi connectivity index (χ3v) is 6.94. The van der Waals surface area contributed by atoms with E-state index in [1.54, 1.807) is 11.6 Å². The highest BCUT2D eigenvalue weighted by Gasteiger charge is 2.25. The maximum Gasteiger partial charge on any atom is 0.341 e. The number of rotatable bonds is 8. The number of ether oxygens (including phenoxy) is 1. The van der Waals surface area contributed by atoms with E-state index in [1.807, 2.05) is 68.4 Å².